The Kier molecular flexibility index (Phi) is 3.07. The van der Waals surface area contributed by atoms with Crippen molar-refractivity contribution < 1.29 is 5.11 Å². The summed E-state index contributed by atoms with van der Waals surface area (Å²) >= 11 is 0. The van der Waals surface area contributed by atoms with Gasteiger partial charge in [0.25, 0.3) is 0 Å². The number of nitrogens with zero attached hydrogens (tertiary/aromatic N) is 3. The van der Waals surface area contributed by atoms with Crippen LogP contribution < -0.4 is 0 Å². The second-order valence-corrected chi connectivity index (χ2v) is 4.50. The van der Waals surface area contributed by atoms with Gasteiger partial charge in [-0.05, 0) is 26.3 Å². The highest BCUT2D eigenvalue weighted by atomic mass is 16.3. The maximum Gasteiger partial charge on any atom is 0.0695 e. The maximum atomic E-state index is 9.78. The zero-order valence-electron chi connectivity index (χ0n) is 9.43. The maximum absolute atomic E-state index is 9.78. The first-order valence-electron chi connectivity index (χ1n) is 5.52. The van der Waals surface area contributed by atoms with E-state index in [9.17, 15) is 5.11 Å². The number of aryl methyl sites for hydroxylation is 1. The van der Waals surface area contributed by atoms with Crippen molar-refractivity contribution in [2.75, 3.05) is 7.05 Å². The monoisotopic (exact) mass is 209 g/mol. The van der Waals surface area contributed by atoms with Crippen molar-refractivity contribution in [3.8, 4) is 0 Å². The van der Waals surface area contributed by atoms with Crippen molar-refractivity contribution in [1.29, 1.82) is 0 Å². The third-order valence-electron chi connectivity index (χ3n) is 3.20. The largest absolute Gasteiger partial charge is 0.391 e. The van der Waals surface area contributed by atoms with E-state index in [1.54, 1.807) is 0 Å². The van der Waals surface area contributed by atoms with Gasteiger partial charge in [-0.3, -0.25) is 9.58 Å². The normalized spacial score (nSPS) is 26.4. The molecule has 1 aliphatic carbocycles. The molecule has 15 heavy (non-hydrogen) atoms. The van der Waals surface area contributed by atoms with Crippen LogP contribution >= 0.6 is 0 Å². The summed E-state index contributed by atoms with van der Waals surface area (Å²) in [5.74, 6) is 0. The molecule has 0 aliphatic heterocycles. The highest BCUT2D eigenvalue weighted by Crippen LogP contribution is 2.24. The molecule has 2 atom stereocenters. The Bertz CT molecular complexity index is 323. The molecule has 1 aromatic heterocycles. The minimum Gasteiger partial charge on any atom is -0.391 e. The zero-order chi connectivity index (χ0) is 10.8. The van der Waals surface area contributed by atoms with Gasteiger partial charge in [-0.25, -0.2) is 0 Å². The minimum atomic E-state index is -0.147. The Morgan fingerprint density at radius 2 is 2.40 bits per heavy atom. The Morgan fingerprint density at radius 3 is 2.93 bits per heavy atom. The Balaban J connectivity index is 1.94. The molecule has 1 aromatic rings. The molecule has 2 rings (SSSR count). The Morgan fingerprint density at radius 1 is 1.60 bits per heavy atom. The molecule has 84 valence electrons. The van der Waals surface area contributed by atoms with Crippen molar-refractivity contribution in [3.05, 3.63) is 18.0 Å². The molecule has 1 N–H and O–H groups in total. The summed E-state index contributed by atoms with van der Waals surface area (Å²) in [5.41, 5.74) is 1.21. The predicted octanol–water partition coefficient (Wildman–Crippen LogP) is 0.765. The van der Waals surface area contributed by atoms with Crippen LogP contribution in [0.4, 0.5) is 0 Å². The lowest BCUT2D eigenvalue weighted by Crippen LogP contribution is -2.36. The van der Waals surface area contributed by atoms with E-state index >= 15 is 0 Å². The second-order valence-electron chi connectivity index (χ2n) is 4.50. The molecule has 1 aliphatic rings. The van der Waals surface area contributed by atoms with Crippen LogP contribution in [0, 0.1) is 0 Å². The van der Waals surface area contributed by atoms with Crippen LogP contribution in [0.25, 0.3) is 0 Å². The van der Waals surface area contributed by atoms with Gasteiger partial charge < -0.3 is 5.11 Å². The first-order valence-corrected chi connectivity index (χ1v) is 5.52. The van der Waals surface area contributed by atoms with Crippen molar-refractivity contribution in [2.45, 2.75) is 38.0 Å². The van der Waals surface area contributed by atoms with E-state index in [4.69, 9.17) is 0 Å². The predicted molar refractivity (Wildman–Crippen MR) is 58.3 cm³/mol. The number of aliphatic hydroxyl groups is 1. The first-order chi connectivity index (χ1) is 7.16. The van der Waals surface area contributed by atoms with Gasteiger partial charge in [0.15, 0.2) is 0 Å². The highest BCUT2D eigenvalue weighted by Gasteiger charge is 2.28. The van der Waals surface area contributed by atoms with E-state index in [1.807, 2.05) is 24.1 Å². The SMILES string of the molecule is CN(Cc1cnn(C)c1)[C@H]1CCC[C@@H]1O. The Hall–Kier alpha value is -0.870. The van der Waals surface area contributed by atoms with Gasteiger partial charge in [0.2, 0.25) is 0 Å². The van der Waals surface area contributed by atoms with E-state index in [1.165, 1.54) is 5.56 Å². The summed E-state index contributed by atoms with van der Waals surface area (Å²) in [6, 6.07) is 0.324. The minimum absolute atomic E-state index is 0.147. The van der Waals surface area contributed by atoms with Gasteiger partial charge in [0.05, 0.1) is 12.3 Å². The molecule has 4 nitrogen and oxygen atoms in total. The summed E-state index contributed by atoms with van der Waals surface area (Å²) in [5, 5.41) is 13.9. The van der Waals surface area contributed by atoms with Gasteiger partial charge in [-0.2, -0.15) is 5.10 Å². The molecule has 0 bridgehead atoms. The van der Waals surface area contributed by atoms with Crippen molar-refractivity contribution in [2.24, 2.45) is 7.05 Å². The lowest BCUT2D eigenvalue weighted by molar-refractivity contribution is 0.0825. The molecule has 0 amide bonds. The van der Waals surface area contributed by atoms with Gasteiger partial charge >= 0.3 is 0 Å². The lowest BCUT2D eigenvalue weighted by atomic mass is 10.2. The van der Waals surface area contributed by atoms with Crippen molar-refractivity contribution >= 4 is 0 Å². The Labute approximate surface area is 90.5 Å². The quantitative estimate of drug-likeness (QED) is 0.799. The first kappa shape index (κ1) is 10.6. The van der Waals surface area contributed by atoms with Crippen LogP contribution in [-0.2, 0) is 13.6 Å². The van der Waals surface area contributed by atoms with Crippen LogP contribution in [0.3, 0.4) is 0 Å². The van der Waals surface area contributed by atoms with E-state index in [2.05, 4.69) is 17.0 Å². The summed E-state index contributed by atoms with van der Waals surface area (Å²) in [6.07, 6.45) is 6.96. The van der Waals surface area contributed by atoms with Gasteiger partial charge in [0.1, 0.15) is 0 Å². The third kappa shape index (κ3) is 2.38. The molecule has 1 saturated carbocycles. The summed E-state index contributed by atoms with van der Waals surface area (Å²) in [4.78, 5) is 2.23. The topological polar surface area (TPSA) is 41.3 Å². The summed E-state index contributed by atoms with van der Waals surface area (Å²) < 4.78 is 1.81. The molecular formula is C11H19N3O. The molecule has 4 heteroatoms. The smallest absolute Gasteiger partial charge is 0.0695 e. The number of likely N-dealkylation sites (N-methyl/N-ethyl adjacent to an activating group) is 1. The number of aliphatic hydroxyl groups excluding tert-OH is 1. The number of rotatable bonds is 3. The van der Waals surface area contributed by atoms with Gasteiger partial charge in [-0.1, -0.05) is 0 Å². The fraction of sp³-hybridized carbons (Fsp3) is 0.727. The number of aromatic nitrogens is 2. The van der Waals surface area contributed by atoms with Crippen LogP contribution in [0.1, 0.15) is 24.8 Å². The fourth-order valence-electron chi connectivity index (χ4n) is 2.39. The summed E-state index contributed by atoms with van der Waals surface area (Å²) in [7, 11) is 4.00. The molecule has 0 spiro atoms. The standard InChI is InChI=1S/C11H19N3O/c1-13(10-4-3-5-11(10)15)7-9-6-12-14(2)8-9/h6,8,10-11,15H,3-5,7H2,1-2H3/t10-,11-/m0/s1. The van der Waals surface area contributed by atoms with Crippen LogP contribution in [0.15, 0.2) is 12.4 Å². The number of hydrogen-bond acceptors (Lipinski definition) is 3. The average Bonchev–Trinajstić information content (AvgIpc) is 2.75. The number of hydrogen-bond donors (Lipinski definition) is 1. The molecule has 0 unspecified atom stereocenters. The van der Waals surface area contributed by atoms with E-state index < -0.39 is 0 Å². The lowest BCUT2D eigenvalue weighted by Gasteiger charge is -2.26. The van der Waals surface area contributed by atoms with E-state index in [0.29, 0.717) is 6.04 Å². The van der Waals surface area contributed by atoms with Crippen molar-refractivity contribution in [1.82, 2.24) is 14.7 Å². The van der Waals surface area contributed by atoms with Crippen LogP contribution in [0.2, 0.25) is 0 Å². The highest BCUT2D eigenvalue weighted by molar-refractivity contribution is 5.04. The molecule has 0 radical (unpaired) electrons. The van der Waals surface area contributed by atoms with Crippen molar-refractivity contribution in [3.63, 3.8) is 0 Å². The van der Waals surface area contributed by atoms with Crippen LogP contribution in [-0.4, -0.2) is 39.0 Å². The molecular weight excluding hydrogens is 190 g/mol. The van der Waals surface area contributed by atoms with Gasteiger partial charge in [-0.15, -0.1) is 0 Å². The zero-order valence-corrected chi connectivity index (χ0v) is 9.43. The molecule has 1 heterocycles. The van der Waals surface area contributed by atoms with Crippen LogP contribution in [0.5, 0.6) is 0 Å². The molecule has 0 saturated heterocycles. The summed E-state index contributed by atoms with van der Waals surface area (Å²) in [6.45, 7) is 0.871. The second kappa shape index (κ2) is 4.33. The van der Waals surface area contributed by atoms with E-state index in [0.717, 1.165) is 25.8 Å². The molecule has 0 aromatic carbocycles. The average molecular weight is 209 g/mol. The van der Waals surface area contributed by atoms with Gasteiger partial charge in [0, 0.05) is 31.4 Å². The van der Waals surface area contributed by atoms with E-state index in [-0.39, 0.29) is 6.10 Å². The fourth-order valence-corrected chi connectivity index (χ4v) is 2.39. The molecule has 1 fully saturated rings. The third-order valence-corrected chi connectivity index (χ3v) is 3.20.